The minimum absolute atomic E-state index is 0.00948. The average Bonchev–Trinajstić information content (AvgIpc) is 2.69. The monoisotopic (exact) mass is 250 g/mol. The standard InChI is InChI=1S/C15H26N2O/c1-16-11-9-15(14(16)18)8-5-10-17(12-15)13-6-3-2-4-7-13/h13H,2-12H2,1H3. The van der Waals surface area contributed by atoms with Crippen molar-refractivity contribution in [1.82, 2.24) is 9.80 Å². The van der Waals surface area contributed by atoms with Gasteiger partial charge < -0.3 is 4.90 Å². The molecule has 2 heterocycles. The SMILES string of the molecule is CN1CCC2(CCCN(C3CCCCC3)C2)C1=O. The van der Waals surface area contributed by atoms with Gasteiger partial charge in [0.15, 0.2) is 0 Å². The number of carbonyl (C=O) groups excluding carboxylic acids is 1. The van der Waals surface area contributed by atoms with Crippen LogP contribution in [0, 0.1) is 5.41 Å². The first-order valence-electron chi connectivity index (χ1n) is 7.71. The van der Waals surface area contributed by atoms with Gasteiger partial charge in [-0.15, -0.1) is 0 Å². The van der Waals surface area contributed by atoms with Crippen LogP contribution in [0.25, 0.3) is 0 Å². The molecule has 1 atom stereocenters. The molecule has 1 aliphatic carbocycles. The molecule has 1 saturated carbocycles. The number of amides is 1. The van der Waals surface area contributed by atoms with E-state index >= 15 is 0 Å². The average molecular weight is 250 g/mol. The van der Waals surface area contributed by atoms with E-state index in [-0.39, 0.29) is 5.41 Å². The van der Waals surface area contributed by atoms with Crippen LogP contribution in [-0.4, -0.2) is 48.4 Å². The lowest BCUT2D eigenvalue weighted by Gasteiger charge is -2.44. The Morgan fingerprint density at radius 3 is 2.50 bits per heavy atom. The van der Waals surface area contributed by atoms with Crippen molar-refractivity contribution in [2.75, 3.05) is 26.7 Å². The molecule has 0 radical (unpaired) electrons. The Labute approximate surface area is 111 Å². The van der Waals surface area contributed by atoms with Gasteiger partial charge in [0.05, 0.1) is 5.41 Å². The third-order valence-corrected chi connectivity index (χ3v) is 5.42. The summed E-state index contributed by atoms with van der Waals surface area (Å²) < 4.78 is 0. The fourth-order valence-electron chi connectivity index (χ4n) is 4.30. The van der Waals surface area contributed by atoms with Gasteiger partial charge in [-0.05, 0) is 38.6 Å². The number of hydrogen-bond donors (Lipinski definition) is 0. The van der Waals surface area contributed by atoms with Crippen LogP contribution in [0.15, 0.2) is 0 Å². The first-order chi connectivity index (χ1) is 8.71. The minimum atomic E-state index is -0.00948. The van der Waals surface area contributed by atoms with Gasteiger partial charge in [0, 0.05) is 26.2 Å². The zero-order valence-electron chi connectivity index (χ0n) is 11.7. The second kappa shape index (κ2) is 4.84. The zero-order valence-corrected chi connectivity index (χ0v) is 11.7. The molecule has 102 valence electrons. The highest BCUT2D eigenvalue weighted by Crippen LogP contribution is 2.41. The number of likely N-dealkylation sites (tertiary alicyclic amines) is 2. The highest BCUT2D eigenvalue weighted by atomic mass is 16.2. The molecule has 3 fully saturated rings. The first-order valence-corrected chi connectivity index (χ1v) is 7.71. The highest BCUT2D eigenvalue weighted by Gasteiger charge is 2.48. The van der Waals surface area contributed by atoms with E-state index in [9.17, 15) is 4.79 Å². The van der Waals surface area contributed by atoms with E-state index in [1.54, 1.807) is 0 Å². The molecule has 2 aliphatic heterocycles. The molecule has 2 saturated heterocycles. The summed E-state index contributed by atoms with van der Waals surface area (Å²) in [5.41, 5.74) is -0.00948. The van der Waals surface area contributed by atoms with Gasteiger partial charge in [-0.1, -0.05) is 19.3 Å². The molecule has 0 aromatic heterocycles. The minimum Gasteiger partial charge on any atom is -0.345 e. The summed E-state index contributed by atoms with van der Waals surface area (Å²) in [6.45, 7) is 3.24. The molecule has 0 bridgehead atoms. The van der Waals surface area contributed by atoms with Crippen molar-refractivity contribution in [3.05, 3.63) is 0 Å². The maximum absolute atomic E-state index is 12.4. The molecule has 1 unspecified atom stereocenters. The summed E-state index contributed by atoms with van der Waals surface area (Å²) in [4.78, 5) is 17.0. The Kier molecular flexibility index (Phi) is 3.35. The highest BCUT2D eigenvalue weighted by molar-refractivity contribution is 5.85. The van der Waals surface area contributed by atoms with Gasteiger partial charge in [-0.3, -0.25) is 9.69 Å². The largest absolute Gasteiger partial charge is 0.345 e. The van der Waals surface area contributed by atoms with Crippen LogP contribution >= 0.6 is 0 Å². The van der Waals surface area contributed by atoms with Gasteiger partial charge in [-0.2, -0.15) is 0 Å². The van der Waals surface area contributed by atoms with E-state index in [2.05, 4.69) is 4.90 Å². The lowest BCUT2D eigenvalue weighted by Crippen LogP contribution is -2.51. The van der Waals surface area contributed by atoms with Crippen molar-refractivity contribution in [3.8, 4) is 0 Å². The number of nitrogens with zero attached hydrogens (tertiary/aromatic N) is 2. The first kappa shape index (κ1) is 12.5. The second-order valence-electron chi connectivity index (χ2n) is 6.62. The number of piperidine rings is 1. The molecule has 1 spiro atoms. The van der Waals surface area contributed by atoms with E-state index in [1.807, 2.05) is 11.9 Å². The Morgan fingerprint density at radius 1 is 1.06 bits per heavy atom. The molecule has 0 N–H and O–H groups in total. The molecule has 3 aliphatic rings. The predicted octanol–water partition coefficient (Wildman–Crippen LogP) is 2.26. The van der Waals surface area contributed by atoms with Crippen molar-refractivity contribution in [2.45, 2.75) is 57.4 Å². The van der Waals surface area contributed by atoms with Crippen LogP contribution < -0.4 is 0 Å². The Hall–Kier alpha value is -0.570. The van der Waals surface area contributed by atoms with Crippen molar-refractivity contribution < 1.29 is 4.79 Å². The van der Waals surface area contributed by atoms with Gasteiger partial charge in [0.1, 0.15) is 0 Å². The van der Waals surface area contributed by atoms with E-state index in [4.69, 9.17) is 0 Å². The van der Waals surface area contributed by atoms with Crippen molar-refractivity contribution in [3.63, 3.8) is 0 Å². The summed E-state index contributed by atoms with van der Waals surface area (Å²) in [7, 11) is 1.97. The lowest BCUT2D eigenvalue weighted by atomic mass is 9.77. The van der Waals surface area contributed by atoms with Crippen molar-refractivity contribution in [1.29, 1.82) is 0 Å². The fraction of sp³-hybridized carbons (Fsp3) is 0.933. The number of rotatable bonds is 1. The van der Waals surface area contributed by atoms with E-state index in [1.165, 1.54) is 45.1 Å². The maximum Gasteiger partial charge on any atom is 0.229 e. The summed E-state index contributed by atoms with van der Waals surface area (Å²) >= 11 is 0. The van der Waals surface area contributed by atoms with E-state index < -0.39 is 0 Å². The van der Waals surface area contributed by atoms with Crippen LogP contribution in [-0.2, 0) is 4.79 Å². The van der Waals surface area contributed by atoms with Crippen molar-refractivity contribution >= 4 is 5.91 Å². The molecule has 3 nitrogen and oxygen atoms in total. The smallest absolute Gasteiger partial charge is 0.229 e. The predicted molar refractivity (Wildman–Crippen MR) is 72.4 cm³/mol. The Bertz CT molecular complexity index is 320. The van der Waals surface area contributed by atoms with Crippen LogP contribution in [0.3, 0.4) is 0 Å². The fourth-order valence-corrected chi connectivity index (χ4v) is 4.30. The number of hydrogen-bond acceptors (Lipinski definition) is 2. The van der Waals surface area contributed by atoms with Crippen LogP contribution in [0.1, 0.15) is 51.4 Å². The van der Waals surface area contributed by atoms with Gasteiger partial charge >= 0.3 is 0 Å². The molecule has 1 amide bonds. The molecular formula is C15H26N2O. The van der Waals surface area contributed by atoms with Gasteiger partial charge in [0.25, 0.3) is 0 Å². The summed E-state index contributed by atoms with van der Waals surface area (Å²) in [6.07, 6.45) is 10.3. The van der Waals surface area contributed by atoms with Crippen LogP contribution in [0.2, 0.25) is 0 Å². The quantitative estimate of drug-likeness (QED) is 0.713. The molecule has 3 rings (SSSR count). The second-order valence-corrected chi connectivity index (χ2v) is 6.62. The lowest BCUT2D eigenvalue weighted by molar-refractivity contribution is -0.138. The number of carbonyl (C=O) groups is 1. The molecule has 18 heavy (non-hydrogen) atoms. The summed E-state index contributed by atoms with van der Waals surface area (Å²) in [6, 6.07) is 0.773. The van der Waals surface area contributed by atoms with Gasteiger partial charge in [-0.25, -0.2) is 0 Å². The topological polar surface area (TPSA) is 23.6 Å². The van der Waals surface area contributed by atoms with Crippen LogP contribution in [0.5, 0.6) is 0 Å². The van der Waals surface area contributed by atoms with Gasteiger partial charge in [0.2, 0.25) is 5.91 Å². The van der Waals surface area contributed by atoms with E-state index in [0.29, 0.717) is 5.91 Å². The molecule has 0 aromatic carbocycles. The summed E-state index contributed by atoms with van der Waals surface area (Å²) in [5.74, 6) is 0.419. The third kappa shape index (κ3) is 2.07. The molecular weight excluding hydrogens is 224 g/mol. The molecule has 0 aromatic rings. The van der Waals surface area contributed by atoms with Crippen molar-refractivity contribution in [2.24, 2.45) is 5.41 Å². The van der Waals surface area contributed by atoms with Crippen LogP contribution in [0.4, 0.5) is 0 Å². The maximum atomic E-state index is 12.4. The normalized spacial score (nSPS) is 35.6. The Balaban J connectivity index is 1.70. The third-order valence-electron chi connectivity index (χ3n) is 5.42. The zero-order chi connectivity index (χ0) is 12.6. The molecule has 3 heteroatoms. The van der Waals surface area contributed by atoms with E-state index in [0.717, 1.165) is 32.0 Å². The summed E-state index contributed by atoms with van der Waals surface area (Å²) in [5, 5.41) is 0. The Morgan fingerprint density at radius 2 is 1.83 bits per heavy atom.